The smallest absolute Gasteiger partial charge is 0.405 e. The summed E-state index contributed by atoms with van der Waals surface area (Å²) in [6.45, 7) is -0.150. The predicted molar refractivity (Wildman–Crippen MR) is 71.4 cm³/mol. The van der Waals surface area contributed by atoms with Gasteiger partial charge in [-0.05, 0) is 41.5 Å². The second kappa shape index (κ2) is 5.91. The van der Waals surface area contributed by atoms with Gasteiger partial charge in [0.2, 0.25) is 0 Å². The zero-order chi connectivity index (χ0) is 15.6. The SMILES string of the molecule is NCc1cc(-c2cc(F)cc(Cl)c2)ccc1OC(F)(F)F. The van der Waals surface area contributed by atoms with Crippen LogP contribution in [0.2, 0.25) is 5.02 Å². The Morgan fingerprint density at radius 1 is 1.05 bits per heavy atom. The number of alkyl halides is 3. The van der Waals surface area contributed by atoms with Gasteiger partial charge in [-0.25, -0.2) is 4.39 Å². The minimum absolute atomic E-state index is 0.150. The lowest BCUT2D eigenvalue weighted by Crippen LogP contribution is -2.18. The highest BCUT2D eigenvalue weighted by atomic mass is 35.5. The van der Waals surface area contributed by atoms with Gasteiger partial charge in [-0.15, -0.1) is 13.2 Å². The van der Waals surface area contributed by atoms with Crippen molar-refractivity contribution < 1.29 is 22.3 Å². The van der Waals surface area contributed by atoms with Gasteiger partial charge in [0, 0.05) is 17.1 Å². The molecule has 2 aromatic carbocycles. The number of hydrogen-bond acceptors (Lipinski definition) is 2. The number of benzene rings is 2. The van der Waals surface area contributed by atoms with Crippen molar-refractivity contribution >= 4 is 11.6 Å². The Kier molecular flexibility index (Phi) is 4.39. The molecule has 0 aliphatic carbocycles. The van der Waals surface area contributed by atoms with E-state index in [2.05, 4.69) is 4.74 Å². The first-order chi connectivity index (χ1) is 9.78. The van der Waals surface area contributed by atoms with Crippen LogP contribution in [-0.4, -0.2) is 6.36 Å². The summed E-state index contributed by atoms with van der Waals surface area (Å²) in [5.41, 5.74) is 6.52. The molecule has 0 saturated heterocycles. The summed E-state index contributed by atoms with van der Waals surface area (Å²) in [6, 6.07) is 7.80. The summed E-state index contributed by atoms with van der Waals surface area (Å²) >= 11 is 5.75. The number of nitrogens with two attached hydrogens (primary N) is 1. The summed E-state index contributed by atoms with van der Waals surface area (Å²) in [6.07, 6.45) is -4.80. The molecule has 0 heterocycles. The topological polar surface area (TPSA) is 35.2 Å². The van der Waals surface area contributed by atoms with Crippen LogP contribution in [0, 0.1) is 5.82 Å². The molecule has 0 fully saturated rings. The van der Waals surface area contributed by atoms with Crippen molar-refractivity contribution in [2.45, 2.75) is 12.9 Å². The molecule has 2 N–H and O–H groups in total. The third-order valence-corrected chi connectivity index (χ3v) is 2.92. The highest BCUT2D eigenvalue weighted by Gasteiger charge is 2.32. The highest BCUT2D eigenvalue weighted by molar-refractivity contribution is 6.30. The minimum Gasteiger partial charge on any atom is -0.405 e. The lowest BCUT2D eigenvalue weighted by atomic mass is 10.0. The van der Waals surface area contributed by atoms with Crippen LogP contribution >= 0.6 is 11.6 Å². The second-order valence-electron chi connectivity index (χ2n) is 4.23. The fraction of sp³-hybridized carbons (Fsp3) is 0.143. The number of rotatable bonds is 3. The summed E-state index contributed by atoms with van der Waals surface area (Å²) in [7, 11) is 0. The maximum Gasteiger partial charge on any atom is 0.573 e. The van der Waals surface area contributed by atoms with Gasteiger partial charge >= 0.3 is 6.36 Å². The van der Waals surface area contributed by atoms with E-state index in [9.17, 15) is 17.6 Å². The average Bonchev–Trinajstić information content (AvgIpc) is 2.36. The molecule has 7 heteroatoms. The lowest BCUT2D eigenvalue weighted by Gasteiger charge is -2.14. The van der Waals surface area contributed by atoms with E-state index in [0.717, 1.165) is 12.1 Å². The van der Waals surface area contributed by atoms with Gasteiger partial charge in [-0.3, -0.25) is 0 Å². The fourth-order valence-electron chi connectivity index (χ4n) is 1.86. The number of ether oxygens (including phenoxy) is 1. The van der Waals surface area contributed by atoms with E-state index in [1.54, 1.807) is 0 Å². The molecule has 2 nitrogen and oxygen atoms in total. The molecule has 2 aromatic rings. The van der Waals surface area contributed by atoms with Crippen molar-refractivity contribution in [1.29, 1.82) is 0 Å². The first-order valence-electron chi connectivity index (χ1n) is 5.84. The number of hydrogen-bond donors (Lipinski definition) is 1. The second-order valence-corrected chi connectivity index (χ2v) is 4.67. The minimum atomic E-state index is -4.80. The van der Waals surface area contributed by atoms with Crippen LogP contribution in [-0.2, 0) is 6.54 Å². The van der Waals surface area contributed by atoms with Crippen LogP contribution < -0.4 is 10.5 Å². The van der Waals surface area contributed by atoms with Gasteiger partial charge in [-0.1, -0.05) is 17.7 Å². The quantitative estimate of drug-likeness (QED) is 0.845. The lowest BCUT2D eigenvalue weighted by molar-refractivity contribution is -0.274. The van der Waals surface area contributed by atoms with E-state index in [0.29, 0.717) is 11.1 Å². The van der Waals surface area contributed by atoms with Crippen LogP contribution in [0.5, 0.6) is 5.75 Å². The Balaban J connectivity index is 2.43. The molecule has 0 saturated carbocycles. The first-order valence-corrected chi connectivity index (χ1v) is 6.21. The number of halogens is 5. The molecular weight excluding hydrogens is 310 g/mol. The van der Waals surface area contributed by atoms with Gasteiger partial charge in [0.1, 0.15) is 11.6 Å². The molecular formula is C14H10ClF4NO. The summed E-state index contributed by atoms with van der Waals surface area (Å²) < 4.78 is 54.0. The predicted octanol–water partition coefficient (Wildman–Crippen LogP) is 4.50. The Hall–Kier alpha value is -1.79. The summed E-state index contributed by atoms with van der Waals surface area (Å²) in [5.74, 6) is -0.918. The third-order valence-electron chi connectivity index (χ3n) is 2.70. The molecule has 2 rings (SSSR count). The monoisotopic (exact) mass is 319 g/mol. The van der Waals surface area contributed by atoms with Crippen molar-refractivity contribution in [2.24, 2.45) is 5.73 Å². The molecule has 0 aliphatic rings. The Labute approximate surface area is 123 Å². The van der Waals surface area contributed by atoms with Gasteiger partial charge in [0.15, 0.2) is 0 Å². The summed E-state index contributed by atoms with van der Waals surface area (Å²) in [4.78, 5) is 0. The third kappa shape index (κ3) is 4.09. The fourth-order valence-corrected chi connectivity index (χ4v) is 2.09. The van der Waals surface area contributed by atoms with E-state index in [-0.39, 0.29) is 22.9 Å². The molecule has 0 radical (unpaired) electrons. The molecule has 112 valence electrons. The average molecular weight is 320 g/mol. The van der Waals surface area contributed by atoms with Crippen molar-refractivity contribution in [2.75, 3.05) is 0 Å². The maximum absolute atomic E-state index is 13.3. The van der Waals surface area contributed by atoms with Gasteiger partial charge in [0.25, 0.3) is 0 Å². The van der Waals surface area contributed by atoms with Gasteiger partial charge < -0.3 is 10.5 Å². The van der Waals surface area contributed by atoms with Gasteiger partial charge in [-0.2, -0.15) is 0 Å². The molecule has 0 bridgehead atoms. The van der Waals surface area contributed by atoms with Crippen LogP contribution in [0.4, 0.5) is 17.6 Å². The molecule has 0 aromatic heterocycles. The van der Waals surface area contributed by atoms with E-state index >= 15 is 0 Å². The van der Waals surface area contributed by atoms with E-state index < -0.39 is 12.2 Å². The van der Waals surface area contributed by atoms with Crippen molar-refractivity contribution in [3.63, 3.8) is 0 Å². The zero-order valence-electron chi connectivity index (χ0n) is 10.5. The van der Waals surface area contributed by atoms with Gasteiger partial charge in [0.05, 0.1) is 0 Å². The normalized spacial score (nSPS) is 11.5. The Bertz CT molecular complexity index is 638. The van der Waals surface area contributed by atoms with E-state index in [1.165, 1.54) is 24.3 Å². The van der Waals surface area contributed by atoms with Crippen LogP contribution in [0.3, 0.4) is 0 Å². The van der Waals surface area contributed by atoms with Crippen LogP contribution in [0.1, 0.15) is 5.56 Å². The Morgan fingerprint density at radius 2 is 1.76 bits per heavy atom. The van der Waals surface area contributed by atoms with E-state index in [1.807, 2.05) is 0 Å². The molecule has 0 unspecified atom stereocenters. The largest absolute Gasteiger partial charge is 0.573 e. The molecule has 0 aliphatic heterocycles. The molecule has 0 amide bonds. The maximum atomic E-state index is 13.3. The van der Waals surface area contributed by atoms with Crippen LogP contribution in [0.25, 0.3) is 11.1 Å². The zero-order valence-corrected chi connectivity index (χ0v) is 11.3. The van der Waals surface area contributed by atoms with Crippen molar-refractivity contribution in [3.05, 3.63) is 52.8 Å². The van der Waals surface area contributed by atoms with Crippen LogP contribution in [0.15, 0.2) is 36.4 Å². The highest BCUT2D eigenvalue weighted by Crippen LogP contribution is 2.31. The summed E-state index contributed by atoms with van der Waals surface area (Å²) in [5, 5.41) is 0.190. The van der Waals surface area contributed by atoms with Crippen molar-refractivity contribution in [3.8, 4) is 16.9 Å². The molecule has 21 heavy (non-hydrogen) atoms. The standard InChI is InChI=1S/C14H10ClF4NO/c15-11-4-9(5-12(16)6-11)8-1-2-13(10(3-8)7-20)21-14(17,18)19/h1-6H,7,20H2. The van der Waals surface area contributed by atoms with Crippen molar-refractivity contribution in [1.82, 2.24) is 0 Å². The first kappa shape index (κ1) is 15.6. The Morgan fingerprint density at radius 3 is 2.33 bits per heavy atom. The molecule has 0 spiro atoms. The molecule has 0 atom stereocenters. The van der Waals surface area contributed by atoms with E-state index in [4.69, 9.17) is 17.3 Å².